The molecular weight excluding hydrogens is 500 g/mol. The third-order valence-corrected chi connectivity index (χ3v) is 7.99. The maximum absolute atomic E-state index is 4.80. The van der Waals surface area contributed by atoms with Crippen LogP contribution in [0.4, 0.5) is 0 Å². The lowest BCUT2D eigenvalue weighted by Crippen LogP contribution is -2.10. The van der Waals surface area contributed by atoms with E-state index in [1.54, 1.807) is 0 Å². The molecule has 4 heteroatoms. The number of benzene rings is 4. The molecule has 8 rings (SSSR count). The summed E-state index contributed by atoms with van der Waals surface area (Å²) in [7, 11) is 0. The van der Waals surface area contributed by atoms with E-state index in [2.05, 4.69) is 131 Å². The third-order valence-electron chi connectivity index (χ3n) is 7.99. The SMILES string of the molecule is C1=Cc2c(c3ccccc3n2-c2cccc(-c3ccc(-c4ccc(-c5cccc6ccccc56)cn4)nc3)c2)CN1. The predicted molar refractivity (Wildman–Crippen MR) is 169 cm³/mol. The van der Waals surface area contributed by atoms with Crippen molar-refractivity contribution in [1.82, 2.24) is 19.9 Å². The summed E-state index contributed by atoms with van der Waals surface area (Å²) in [5.74, 6) is 0. The Morgan fingerprint density at radius 3 is 2.17 bits per heavy atom. The standard InChI is InChI=1S/C37H26N4/c1-2-11-30-25(7-1)8-6-13-31(30)28-16-18-35(40-23-28)34-17-15-27(22-39-34)26-9-5-10-29(21-26)41-36-14-4-3-12-32(36)33-24-38-20-19-37(33)41/h1-23,38H,24H2. The van der Waals surface area contributed by atoms with Crippen LogP contribution in [0.5, 0.6) is 0 Å². The van der Waals surface area contributed by atoms with Crippen LogP contribution < -0.4 is 5.32 Å². The fourth-order valence-electron chi connectivity index (χ4n) is 5.99. The van der Waals surface area contributed by atoms with Gasteiger partial charge in [-0.1, -0.05) is 84.9 Å². The zero-order valence-corrected chi connectivity index (χ0v) is 22.3. The lowest BCUT2D eigenvalue weighted by Gasteiger charge is -2.14. The van der Waals surface area contributed by atoms with Gasteiger partial charge in [-0.2, -0.15) is 0 Å². The summed E-state index contributed by atoms with van der Waals surface area (Å²) in [5.41, 5.74) is 11.1. The van der Waals surface area contributed by atoms with Crippen LogP contribution in [0, 0.1) is 0 Å². The van der Waals surface area contributed by atoms with E-state index >= 15 is 0 Å². The van der Waals surface area contributed by atoms with Gasteiger partial charge in [-0.25, -0.2) is 0 Å². The van der Waals surface area contributed by atoms with Crippen molar-refractivity contribution < 1.29 is 0 Å². The van der Waals surface area contributed by atoms with Crippen molar-refractivity contribution in [3.05, 3.63) is 145 Å². The fourth-order valence-corrected chi connectivity index (χ4v) is 5.99. The second-order valence-electron chi connectivity index (χ2n) is 10.4. The van der Waals surface area contributed by atoms with Gasteiger partial charge in [0.2, 0.25) is 0 Å². The van der Waals surface area contributed by atoms with Crippen molar-refractivity contribution in [2.75, 3.05) is 0 Å². The average molecular weight is 527 g/mol. The molecule has 1 N–H and O–H groups in total. The summed E-state index contributed by atoms with van der Waals surface area (Å²) < 4.78 is 2.36. The molecule has 0 radical (unpaired) electrons. The van der Waals surface area contributed by atoms with E-state index in [1.807, 2.05) is 18.6 Å². The van der Waals surface area contributed by atoms with E-state index in [0.29, 0.717) is 0 Å². The largest absolute Gasteiger partial charge is 0.387 e. The van der Waals surface area contributed by atoms with E-state index in [1.165, 1.54) is 38.5 Å². The summed E-state index contributed by atoms with van der Waals surface area (Å²) in [6.45, 7) is 0.835. The van der Waals surface area contributed by atoms with E-state index in [0.717, 1.165) is 40.3 Å². The first-order valence-corrected chi connectivity index (χ1v) is 13.9. The van der Waals surface area contributed by atoms with Crippen LogP contribution >= 0.6 is 0 Å². The molecule has 0 bridgehead atoms. The van der Waals surface area contributed by atoms with Crippen LogP contribution in [0.15, 0.2) is 134 Å². The summed E-state index contributed by atoms with van der Waals surface area (Å²) in [6.07, 6.45) is 8.09. The van der Waals surface area contributed by atoms with Crippen molar-refractivity contribution in [3.8, 4) is 39.3 Å². The van der Waals surface area contributed by atoms with Gasteiger partial charge >= 0.3 is 0 Å². The summed E-state index contributed by atoms with van der Waals surface area (Å²) in [5, 5.41) is 7.11. The molecule has 0 fully saturated rings. The van der Waals surface area contributed by atoms with Gasteiger partial charge in [0, 0.05) is 46.7 Å². The van der Waals surface area contributed by atoms with Crippen molar-refractivity contribution in [3.63, 3.8) is 0 Å². The first-order chi connectivity index (χ1) is 20.3. The molecule has 0 aliphatic carbocycles. The van der Waals surface area contributed by atoms with Crippen LogP contribution in [-0.4, -0.2) is 14.5 Å². The Bertz CT molecular complexity index is 2080. The number of nitrogens with one attached hydrogen (secondary N) is 1. The highest BCUT2D eigenvalue weighted by Crippen LogP contribution is 2.34. The summed E-state index contributed by atoms with van der Waals surface area (Å²) in [4.78, 5) is 9.58. The fraction of sp³-hybridized carbons (Fsp3) is 0.0270. The van der Waals surface area contributed by atoms with Crippen molar-refractivity contribution in [2.45, 2.75) is 6.54 Å². The van der Waals surface area contributed by atoms with E-state index in [4.69, 9.17) is 9.97 Å². The smallest absolute Gasteiger partial charge is 0.0886 e. The number of para-hydroxylation sites is 1. The molecule has 194 valence electrons. The minimum Gasteiger partial charge on any atom is -0.387 e. The molecule has 1 aliphatic rings. The maximum Gasteiger partial charge on any atom is 0.0886 e. The molecule has 7 aromatic rings. The second-order valence-corrected chi connectivity index (χ2v) is 10.4. The van der Waals surface area contributed by atoms with Gasteiger partial charge in [0.25, 0.3) is 0 Å². The zero-order chi connectivity index (χ0) is 27.2. The quantitative estimate of drug-likeness (QED) is 0.250. The van der Waals surface area contributed by atoms with Gasteiger partial charge < -0.3 is 9.88 Å². The monoisotopic (exact) mass is 526 g/mol. The van der Waals surface area contributed by atoms with Gasteiger partial charge in [0.05, 0.1) is 22.6 Å². The number of pyridine rings is 2. The molecule has 41 heavy (non-hydrogen) atoms. The second kappa shape index (κ2) is 9.61. The van der Waals surface area contributed by atoms with Gasteiger partial charge in [-0.15, -0.1) is 0 Å². The third kappa shape index (κ3) is 4.00. The van der Waals surface area contributed by atoms with E-state index < -0.39 is 0 Å². The van der Waals surface area contributed by atoms with Crippen LogP contribution in [0.25, 0.3) is 67.1 Å². The normalized spacial score (nSPS) is 12.4. The molecule has 0 saturated heterocycles. The topological polar surface area (TPSA) is 42.7 Å². The lowest BCUT2D eigenvalue weighted by atomic mass is 9.99. The first-order valence-electron chi connectivity index (χ1n) is 13.9. The van der Waals surface area contributed by atoms with Gasteiger partial charge in [-0.3, -0.25) is 9.97 Å². The average Bonchev–Trinajstić information content (AvgIpc) is 3.39. The van der Waals surface area contributed by atoms with Crippen molar-refractivity contribution in [1.29, 1.82) is 0 Å². The summed E-state index contributed by atoms with van der Waals surface area (Å²) >= 11 is 0. The Balaban J connectivity index is 1.11. The van der Waals surface area contributed by atoms with Gasteiger partial charge in [-0.05, 0) is 64.5 Å². The van der Waals surface area contributed by atoms with E-state index in [9.17, 15) is 0 Å². The zero-order valence-electron chi connectivity index (χ0n) is 22.3. The summed E-state index contributed by atoms with van der Waals surface area (Å²) in [6, 6.07) is 40.6. The van der Waals surface area contributed by atoms with Crippen LogP contribution in [0.1, 0.15) is 11.3 Å². The Morgan fingerprint density at radius 1 is 0.610 bits per heavy atom. The highest BCUT2D eigenvalue weighted by molar-refractivity contribution is 5.96. The van der Waals surface area contributed by atoms with E-state index in [-0.39, 0.29) is 0 Å². The number of aromatic nitrogens is 3. The number of hydrogen-bond acceptors (Lipinski definition) is 3. The minimum atomic E-state index is 0.835. The Labute approximate surface area is 238 Å². The predicted octanol–water partition coefficient (Wildman–Crippen LogP) is 8.65. The molecule has 4 aromatic carbocycles. The molecule has 1 aliphatic heterocycles. The molecule has 0 atom stereocenters. The number of nitrogens with zero attached hydrogens (tertiary/aromatic N) is 3. The Kier molecular flexibility index (Phi) is 5.49. The van der Waals surface area contributed by atoms with Crippen molar-refractivity contribution in [2.24, 2.45) is 0 Å². The van der Waals surface area contributed by atoms with Crippen LogP contribution in [0.2, 0.25) is 0 Å². The lowest BCUT2D eigenvalue weighted by molar-refractivity contribution is 0.855. The highest BCUT2D eigenvalue weighted by atomic mass is 15.0. The number of fused-ring (bicyclic) bond motifs is 4. The molecule has 0 spiro atoms. The first kappa shape index (κ1) is 23.4. The molecular formula is C37H26N4. The number of hydrogen-bond donors (Lipinski definition) is 1. The van der Waals surface area contributed by atoms with Gasteiger partial charge in [0.15, 0.2) is 0 Å². The maximum atomic E-state index is 4.80. The van der Waals surface area contributed by atoms with Gasteiger partial charge in [0.1, 0.15) is 0 Å². The Hall–Kier alpha value is -5.48. The molecule has 0 unspecified atom stereocenters. The minimum absolute atomic E-state index is 0.835. The molecule has 0 saturated carbocycles. The van der Waals surface area contributed by atoms with Crippen molar-refractivity contribution >= 4 is 27.8 Å². The molecule has 3 aromatic heterocycles. The van der Waals surface area contributed by atoms with Crippen LogP contribution in [0.3, 0.4) is 0 Å². The molecule has 4 heterocycles. The molecule has 0 amide bonds. The Morgan fingerprint density at radius 2 is 1.34 bits per heavy atom. The number of rotatable bonds is 4. The highest BCUT2D eigenvalue weighted by Gasteiger charge is 2.18. The van der Waals surface area contributed by atoms with Crippen LogP contribution in [-0.2, 0) is 6.54 Å². The molecule has 4 nitrogen and oxygen atoms in total.